The van der Waals surface area contributed by atoms with E-state index in [1.165, 1.54) is 51.9 Å². The molecular formula is C29H25F3N6O3S. The van der Waals surface area contributed by atoms with E-state index in [1.54, 1.807) is 0 Å². The summed E-state index contributed by atoms with van der Waals surface area (Å²) in [6.45, 7) is 4.16. The number of carbonyl (C=O) groups excluding carboxylic acids is 2. The summed E-state index contributed by atoms with van der Waals surface area (Å²) in [5.74, 6) is 0.193. The van der Waals surface area contributed by atoms with E-state index in [1.807, 2.05) is 56.3 Å². The number of amides is 3. The van der Waals surface area contributed by atoms with E-state index < -0.39 is 12.4 Å². The van der Waals surface area contributed by atoms with Crippen molar-refractivity contribution in [1.29, 1.82) is 0 Å². The molecule has 1 N–H and O–H groups in total. The molecule has 13 heteroatoms. The fourth-order valence-electron chi connectivity index (χ4n) is 4.27. The highest BCUT2D eigenvalue weighted by Gasteiger charge is 2.32. The molecule has 216 valence electrons. The smallest absolute Gasteiger partial charge is 0.406 e. The number of thioether (sulfide) groups is 1. The number of nitrogens with zero attached hydrogens (tertiary/aromatic N) is 5. The molecule has 0 radical (unpaired) electrons. The molecule has 0 aliphatic carbocycles. The number of hydrogen-bond acceptors (Lipinski definition) is 6. The fourth-order valence-corrected chi connectivity index (χ4v) is 5.13. The van der Waals surface area contributed by atoms with Crippen LogP contribution in [0.1, 0.15) is 16.7 Å². The highest BCUT2D eigenvalue weighted by Crippen LogP contribution is 2.30. The van der Waals surface area contributed by atoms with Crippen LogP contribution in [-0.2, 0) is 11.2 Å². The first kappa shape index (κ1) is 28.9. The molecule has 42 heavy (non-hydrogen) atoms. The van der Waals surface area contributed by atoms with Crippen LogP contribution in [0.4, 0.5) is 23.7 Å². The van der Waals surface area contributed by atoms with Crippen LogP contribution in [0.25, 0.3) is 17.1 Å². The van der Waals surface area contributed by atoms with E-state index in [-0.39, 0.29) is 17.4 Å². The Morgan fingerprint density at radius 2 is 1.88 bits per heavy atom. The second-order valence-electron chi connectivity index (χ2n) is 9.44. The molecule has 4 aromatic rings. The average molecular weight is 595 g/mol. The van der Waals surface area contributed by atoms with Gasteiger partial charge in [-0.1, -0.05) is 42.1 Å². The Balaban J connectivity index is 1.20. The molecule has 1 fully saturated rings. The van der Waals surface area contributed by atoms with Crippen LogP contribution in [0, 0.1) is 13.8 Å². The third kappa shape index (κ3) is 6.97. The topological polar surface area (TPSA) is 102 Å². The maximum atomic E-state index is 12.6. The summed E-state index contributed by atoms with van der Waals surface area (Å²) in [4.78, 5) is 35.1. The number of amidine groups is 1. The van der Waals surface area contributed by atoms with E-state index in [4.69, 9.17) is 0 Å². The predicted octanol–water partition coefficient (Wildman–Crippen LogP) is 5.84. The van der Waals surface area contributed by atoms with E-state index in [2.05, 4.69) is 25.1 Å². The van der Waals surface area contributed by atoms with Gasteiger partial charge in [-0.3, -0.25) is 9.69 Å². The lowest BCUT2D eigenvalue weighted by Crippen LogP contribution is -2.32. The van der Waals surface area contributed by atoms with Crippen molar-refractivity contribution in [2.75, 3.05) is 17.2 Å². The van der Waals surface area contributed by atoms with Gasteiger partial charge >= 0.3 is 12.4 Å². The van der Waals surface area contributed by atoms with Gasteiger partial charge in [0, 0.05) is 12.1 Å². The van der Waals surface area contributed by atoms with Gasteiger partial charge in [-0.15, -0.1) is 18.3 Å². The molecule has 3 aromatic carbocycles. The summed E-state index contributed by atoms with van der Waals surface area (Å²) < 4.78 is 42.6. The van der Waals surface area contributed by atoms with Crippen LogP contribution < -0.4 is 15.0 Å². The van der Waals surface area contributed by atoms with Crippen LogP contribution in [0.15, 0.2) is 78.0 Å². The number of alkyl halides is 3. The van der Waals surface area contributed by atoms with Gasteiger partial charge in [-0.25, -0.2) is 14.5 Å². The molecule has 0 atom stereocenters. The number of aryl methyl sites for hydroxylation is 2. The van der Waals surface area contributed by atoms with Crippen molar-refractivity contribution in [3.8, 4) is 22.8 Å². The van der Waals surface area contributed by atoms with Crippen molar-refractivity contribution < 1.29 is 27.5 Å². The normalized spacial score (nSPS) is 14.5. The van der Waals surface area contributed by atoms with Crippen molar-refractivity contribution in [3.63, 3.8) is 0 Å². The van der Waals surface area contributed by atoms with Gasteiger partial charge in [0.1, 0.15) is 12.1 Å². The molecule has 0 bridgehead atoms. The highest BCUT2D eigenvalue weighted by atomic mass is 32.2. The zero-order valence-electron chi connectivity index (χ0n) is 22.6. The van der Waals surface area contributed by atoms with Crippen molar-refractivity contribution in [2.24, 2.45) is 4.99 Å². The Bertz CT molecular complexity index is 1650. The van der Waals surface area contributed by atoms with Crippen LogP contribution in [0.5, 0.6) is 5.75 Å². The quantitative estimate of drug-likeness (QED) is 0.289. The summed E-state index contributed by atoms with van der Waals surface area (Å²) in [5, 5.41) is 7.56. The van der Waals surface area contributed by atoms with Crippen LogP contribution in [0.3, 0.4) is 0 Å². The van der Waals surface area contributed by atoms with Gasteiger partial charge in [0.05, 0.1) is 17.1 Å². The minimum atomic E-state index is -4.76. The number of aromatic nitrogens is 3. The molecular weight excluding hydrogens is 569 g/mol. The summed E-state index contributed by atoms with van der Waals surface area (Å²) in [6.07, 6.45) is -2.78. The minimum Gasteiger partial charge on any atom is -0.406 e. The Morgan fingerprint density at radius 1 is 1.10 bits per heavy atom. The molecule has 1 aliphatic rings. The first-order valence-electron chi connectivity index (χ1n) is 12.8. The number of anilines is 1. The molecule has 0 spiro atoms. The van der Waals surface area contributed by atoms with E-state index in [0.717, 1.165) is 27.9 Å². The first-order chi connectivity index (χ1) is 20.1. The fraction of sp³-hybridized carbons (Fsp3) is 0.207. The van der Waals surface area contributed by atoms with Crippen molar-refractivity contribution >= 4 is 34.6 Å². The zero-order chi connectivity index (χ0) is 29.9. The van der Waals surface area contributed by atoms with Crippen molar-refractivity contribution in [3.05, 3.63) is 89.7 Å². The molecule has 3 amide bonds. The number of ether oxygens (including phenoxy) is 1. The lowest BCUT2D eigenvalue weighted by molar-refractivity contribution is -0.274. The summed E-state index contributed by atoms with van der Waals surface area (Å²) in [5.41, 5.74) is 4.81. The lowest BCUT2D eigenvalue weighted by atomic mass is 10.1. The Hall–Kier alpha value is -4.65. The third-order valence-electron chi connectivity index (χ3n) is 6.27. The number of urea groups is 1. The van der Waals surface area contributed by atoms with E-state index >= 15 is 0 Å². The Morgan fingerprint density at radius 3 is 2.64 bits per heavy atom. The maximum Gasteiger partial charge on any atom is 0.573 e. The summed E-state index contributed by atoms with van der Waals surface area (Å²) >= 11 is 1.23. The lowest BCUT2D eigenvalue weighted by Gasteiger charge is -2.19. The number of aliphatic imine (C=N–C) groups is 1. The Labute approximate surface area is 243 Å². The maximum absolute atomic E-state index is 12.6. The van der Waals surface area contributed by atoms with Crippen molar-refractivity contribution in [2.45, 2.75) is 26.6 Å². The number of benzene rings is 3. The molecule has 1 aromatic heterocycles. The zero-order valence-corrected chi connectivity index (χ0v) is 23.4. The molecule has 0 unspecified atom stereocenters. The standard InChI is InChI=1S/C29H25F3N6O3S/c1-18-6-7-19(2)24(14-18)38-25(39)16-42-28(38)35-27(40)33-13-12-20-4-3-5-21(15-20)26-34-17-37(36-26)22-8-10-23(11-9-22)41-29(30,31)32/h3-11,14-15,17H,12-13,16H2,1-2H3,(H,33,40)/b35-28-. The average Bonchev–Trinajstić information content (AvgIpc) is 3.57. The number of rotatable bonds is 7. The van der Waals surface area contributed by atoms with Crippen molar-refractivity contribution in [1.82, 2.24) is 20.1 Å². The summed E-state index contributed by atoms with van der Waals surface area (Å²) in [7, 11) is 0. The van der Waals surface area contributed by atoms with Gasteiger partial charge in [0.25, 0.3) is 0 Å². The molecule has 2 heterocycles. The second-order valence-corrected chi connectivity index (χ2v) is 10.4. The minimum absolute atomic E-state index is 0.124. The van der Waals surface area contributed by atoms with Gasteiger partial charge in [-0.2, -0.15) is 4.99 Å². The number of halogens is 3. The van der Waals surface area contributed by atoms with Crippen LogP contribution >= 0.6 is 11.8 Å². The largest absolute Gasteiger partial charge is 0.573 e. The molecule has 1 saturated heterocycles. The predicted molar refractivity (Wildman–Crippen MR) is 154 cm³/mol. The molecule has 0 saturated carbocycles. The van der Waals surface area contributed by atoms with Gasteiger partial charge < -0.3 is 10.1 Å². The SMILES string of the molecule is Cc1ccc(C)c(N2C(=O)CS/C2=N\C(=O)NCCc2cccc(-c3ncn(-c4ccc(OC(F)(F)F)cc4)n3)c2)c1. The number of nitrogens with one attached hydrogen (secondary N) is 1. The van der Waals surface area contributed by atoms with E-state index in [0.29, 0.717) is 29.6 Å². The van der Waals surface area contributed by atoms with Crippen LogP contribution in [-0.4, -0.2) is 50.5 Å². The molecule has 5 rings (SSSR count). The number of carbonyl (C=O) groups is 2. The molecule has 9 nitrogen and oxygen atoms in total. The first-order valence-corrected chi connectivity index (χ1v) is 13.8. The van der Waals surface area contributed by atoms with Gasteiger partial charge in [0.2, 0.25) is 5.91 Å². The number of hydrogen-bond donors (Lipinski definition) is 1. The Kier molecular flexibility index (Phi) is 8.29. The monoisotopic (exact) mass is 594 g/mol. The molecule has 1 aliphatic heterocycles. The summed E-state index contributed by atoms with van der Waals surface area (Å²) in [6, 6.07) is 18.1. The van der Waals surface area contributed by atoms with Crippen LogP contribution in [0.2, 0.25) is 0 Å². The third-order valence-corrected chi connectivity index (χ3v) is 7.19. The van der Waals surface area contributed by atoms with Gasteiger partial charge in [-0.05, 0) is 73.4 Å². The van der Waals surface area contributed by atoms with Gasteiger partial charge in [0.15, 0.2) is 11.0 Å². The second kappa shape index (κ2) is 12.1. The highest BCUT2D eigenvalue weighted by molar-refractivity contribution is 8.15. The van der Waals surface area contributed by atoms with E-state index in [9.17, 15) is 22.8 Å².